The van der Waals surface area contributed by atoms with Gasteiger partial charge in [-0.1, -0.05) is 12.1 Å². The molecular formula is C27H32O14. The number of fused-ring (bicyclic) bond motifs is 1. The lowest BCUT2D eigenvalue weighted by Crippen LogP contribution is -2.64. The summed E-state index contributed by atoms with van der Waals surface area (Å²) in [7, 11) is 0. The third-order valence-corrected chi connectivity index (χ3v) is 7.40. The second-order valence-corrected chi connectivity index (χ2v) is 10.2. The van der Waals surface area contributed by atoms with Gasteiger partial charge in [0.1, 0.15) is 71.3 Å². The van der Waals surface area contributed by atoms with Crippen LogP contribution in [0, 0.1) is 0 Å². The predicted octanol–water partition coefficient (Wildman–Crippen LogP) is -1.17. The number of phenols is 2. The van der Waals surface area contributed by atoms with Gasteiger partial charge >= 0.3 is 0 Å². The molecule has 0 spiro atoms. The lowest BCUT2D eigenvalue weighted by atomic mass is 9.95. The number of carbonyl (C=O) groups is 1. The summed E-state index contributed by atoms with van der Waals surface area (Å²) in [5.41, 5.74) is 0.551. The highest BCUT2D eigenvalue weighted by Crippen LogP contribution is 2.43. The monoisotopic (exact) mass is 580 g/mol. The van der Waals surface area contributed by atoms with Gasteiger partial charge in [-0.15, -0.1) is 0 Å². The first-order valence-corrected chi connectivity index (χ1v) is 13.0. The Morgan fingerprint density at radius 3 is 2.24 bits per heavy atom. The maximum atomic E-state index is 13.3. The van der Waals surface area contributed by atoms with Gasteiger partial charge in [-0.25, -0.2) is 0 Å². The number of aromatic hydroxyl groups is 2. The van der Waals surface area contributed by atoms with Gasteiger partial charge in [0.15, 0.2) is 18.2 Å². The molecule has 0 aliphatic carbocycles. The number of rotatable bonds is 6. The van der Waals surface area contributed by atoms with Crippen LogP contribution in [0.1, 0.15) is 35.4 Å². The fraction of sp³-hybridized carbons (Fsp3) is 0.519. The summed E-state index contributed by atoms with van der Waals surface area (Å²) < 4.78 is 28.6. The van der Waals surface area contributed by atoms with Crippen molar-refractivity contribution in [2.24, 2.45) is 0 Å². The van der Waals surface area contributed by atoms with E-state index in [0.29, 0.717) is 5.56 Å². The molecule has 2 aromatic carbocycles. The number of hydrogen-bond donors (Lipinski definition) is 8. The Labute approximate surface area is 233 Å². The van der Waals surface area contributed by atoms with Crippen LogP contribution in [0.5, 0.6) is 23.0 Å². The molecule has 2 fully saturated rings. The minimum absolute atomic E-state index is 0.0149. The third kappa shape index (κ3) is 5.70. The molecule has 0 aromatic heterocycles. The number of ether oxygens (including phenoxy) is 5. The first-order valence-electron chi connectivity index (χ1n) is 13.0. The van der Waals surface area contributed by atoms with Crippen LogP contribution in [0.15, 0.2) is 36.4 Å². The zero-order valence-electron chi connectivity index (χ0n) is 21.8. The van der Waals surface area contributed by atoms with E-state index in [1.165, 1.54) is 25.1 Å². The van der Waals surface area contributed by atoms with Crippen LogP contribution in [0.3, 0.4) is 0 Å². The molecule has 14 heteroatoms. The van der Waals surface area contributed by atoms with E-state index in [-0.39, 0.29) is 35.0 Å². The number of benzene rings is 2. The fourth-order valence-corrected chi connectivity index (χ4v) is 5.08. The molecule has 0 saturated carbocycles. The normalized spacial score (nSPS) is 37.2. The van der Waals surface area contributed by atoms with Crippen LogP contribution in [0.2, 0.25) is 0 Å². The number of phenolic OH excluding ortho intramolecular Hbond substituents is 2. The van der Waals surface area contributed by atoms with Crippen molar-refractivity contribution in [3.05, 3.63) is 47.5 Å². The Balaban J connectivity index is 1.44. The molecular weight excluding hydrogens is 548 g/mol. The quantitative estimate of drug-likeness (QED) is 0.202. The van der Waals surface area contributed by atoms with Gasteiger partial charge in [0.05, 0.1) is 19.1 Å². The van der Waals surface area contributed by atoms with Crippen LogP contribution in [-0.2, 0) is 14.2 Å². The van der Waals surface area contributed by atoms with Crippen LogP contribution in [0.4, 0.5) is 0 Å². The highest BCUT2D eigenvalue weighted by atomic mass is 16.8. The molecule has 41 heavy (non-hydrogen) atoms. The zero-order chi connectivity index (χ0) is 29.6. The Bertz CT molecular complexity index is 1240. The maximum Gasteiger partial charge on any atom is 0.229 e. The average Bonchev–Trinajstić information content (AvgIpc) is 2.94. The minimum atomic E-state index is -1.78. The molecule has 11 atom stereocenters. The minimum Gasteiger partial charge on any atom is -0.508 e. The van der Waals surface area contributed by atoms with E-state index in [0.717, 1.165) is 6.07 Å². The first kappa shape index (κ1) is 29.4. The molecule has 0 amide bonds. The van der Waals surface area contributed by atoms with Crippen molar-refractivity contribution in [2.45, 2.75) is 80.9 Å². The molecule has 8 N–H and O–H groups in total. The molecule has 3 heterocycles. The summed E-state index contributed by atoms with van der Waals surface area (Å²) >= 11 is 0. The van der Waals surface area contributed by atoms with Crippen molar-refractivity contribution in [3.8, 4) is 23.0 Å². The number of aliphatic hydroxyl groups is 6. The van der Waals surface area contributed by atoms with Gasteiger partial charge in [0, 0.05) is 12.1 Å². The van der Waals surface area contributed by atoms with Crippen molar-refractivity contribution >= 4 is 5.78 Å². The van der Waals surface area contributed by atoms with Crippen molar-refractivity contribution in [1.82, 2.24) is 0 Å². The molecule has 14 nitrogen and oxygen atoms in total. The van der Waals surface area contributed by atoms with Gasteiger partial charge in [0.2, 0.25) is 6.29 Å². The third-order valence-electron chi connectivity index (χ3n) is 7.40. The Morgan fingerprint density at radius 1 is 0.854 bits per heavy atom. The van der Waals surface area contributed by atoms with Gasteiger partial charge < -0.3 is 64.5 Å². The largest absolute Gasteiger partial charge is 0.508 e. The van der Waals surface area contributed by atoms with Crippen LogP contribution >= 0.6 is 0 Å². The second kappa shape index (κ2) is 11.7. The smallest absolute Gasteiger partial charge is 0.229 e. The number of hydrogen-bond acceptors (Lipinski definition) is 14. The standard InChI is InChI=1S/C27H32O14/c1-10-20(32)22(34)24(36)26(37-10)41-25-23(35)21(33)18(9-28)40-27(25)39-17-7-13(30)6-16-19(17)14(31)8-15(38-16)11-2-4-12(29)5-3-11/h2-7,10,15,18,20-30,32-36H,8-9H2,1H3/t10-,15-,18+,20-,21+,22-,23-,24+,25+,26-,27+/m0/s1. The summed E-state index contributed by atoms with van der Waals surface area (Å²) in [6.07, 6.45) is -16.3. The van der Waals surface area contributed by atoms with Crippen molar-refractivity contribution in [1.29, 1.82) is 0 Å². The Hall–Kier alpha value is -3.05. The molecule has 2 saturated heterocycles. The summed E-state index contributed by atoms with van der Waals surface area (Å²) in [5, 5.41) is 81.6. The zero-order valence-corrected chi connectivity index (χ0v) is 21.8. The first-order chi connectivity index (χ1) is 19.5. The predicted molar refractivity (Wildman–Crippen MR) is 134 cm³/mol. The average molecular weight is 581 g/mol. The van der Waals surface area contributed by atoms with Gasteiger partial charge in [-0.05, 0) is 24.6 Å². The van der Waals surface area contributed by atoms with Crippen LogP contribution < -0.4 is 9.47 Å². The lowest BCUT2D eigenvalue weighted by Gasteiger charge is -2.45. The molecule has 0 bridgehead atoms. The number of Topliss-reactive ketones (excluding diaryl/α,β-unsaturated/α-hetero) is 1. The van der Waals surface area contributed by atoms with Crippen molar-refractivity contribution in [3.63, 3.8) is 0 Å². The van der Waals surface area contributed by atoms with Gasteiger partial charge in [0.25, 0.3) is 0 Å². The fourth-order valence-electron chi connectivity index (χ4n) is 5.08. The van der Waals surface area contributed by atoms with Crippen LogP contribution in [-0.4, -0.2) is 115 Å². The summed E-state index contributed by atoms with van der Waals surface area (Å²) in [6.45, 7) is 0.689. The van der Waals surface area contributed by atoms with E-state index in [2.05, 4.69) is 0 Å². The topological polar surface area (TPSA) is 225 Å². The molecule has 0 unspecified atom stereocenters. The van der Waals surface area contributed by atoms with E-state index in [4.69, 9.17) is 23.7 Å². The van der Waals surface area contributed by atoms with Gasteiger partial charge in [-0.3, -0.25) is 4.79 Å². The summed E-state index contributed by atoms with van der Waals surface area (Å²) in [5.74, 6) is -0.971. The highest BCUT2D eigenvalue weighted by Gasteiger charge is 2.51. The lowest BCUT2D eigenvalue weighted by molar-refractivity contribution is -0.354. The van der Waals surface area contributed by atoms with E-state index in [9.17, 15) is 45.6 Å². The van der Waals surface area contributed by atoms with E-state index >= 15 is 0 Å². The second-order valence-electron chi connectivity index (χ2n) is 10.2. The number of carbonyl (C=O) groups excluding carboxylic acids is 1. The molecule has 5 rings (SSSR count). The maximum absolute atomic E-state index is 13.3. The SMILES string of the molecule is C[C@@H]1O[C@@H](O[C@H]2[C@H](Oc3cc(O)cc4c3C(=O)C[C@@H](c3ccc(O)cc3)O4)O[C@H](CO)[C@@H](O)[C@@H]2O)[C@H](O)[C@@H](O)[C@H]1O. The Morgan fingerprint density at radius 2 is 1.56 bits per heavy atom. The molecule has 0 radical (unpaired) electrons. The molecule has 3 aliphatic rings. The Kier molecular flexibility index (Phi) is 8.39. The van der Waals surface area contributed by atoms with Crippen LogP contribution in [0.25, 0.3) is 0 Å². The summed E-state index contributed by atoms with van der Waals surface area (Å²) in [4.78, 5) is 13.3. The molecule has 224 valence electrons. The highest BCUT2D eigenvalue weighted by molar-refractivity contribution is 6.02. The van der Waals surface area contributed by atoms with Gasteiger partial charge in [-0.2, -0.15) is 0 Å². The number of aliphatic hydroxyl groups excluding tert-OH is 6. The molecule has 2 aromatic rings. The van der Waals surface area contributed by atoms with Crippen molar-refractivity contribution < 1.29 is 69.3 Å². The summed E-state index contributed by atoms with van der Waals surface area (Å²) in [6, 6.07) is 8.41. The van der Waals surface area contributed by atoms with Crippen molar-refractivity contribution in [2.75, 3.05) is 6.61 Å². The molecule has 3 aliphatic heterocycles. The van der Waals surface area contributed by atoms with E-state index < -0.39 is 79.9 Å². The van der Waals surface area contributed by atoms with E-state index in [1.807, 2.05) is 0 Å². The number of ketones is 1. The van der Waals surface area contributed by atoms with E-state index in [1.54, 1.807) is 12.1 Å².